The number of hydrogen-bond donors (Lipinski definition) is 1. The minimum Gasteiger partial charge on any atom is -0.379 e. The Kier molecular flexibility index (Phi) is 10.5. The lowest BCUT2D eigenvalue weighted by Crippen LogP contribution is -2.43. The third kappa shape index (κ3) is 7.80. The highest BCUT2D eigenvalue weighted by atomic mass is 127. The summed E-state index contributed by atoms with van der Waals surface area (Å²) in [4.78, 5) is 8.78. The van der Waals surface area contributed by atoms with Gasteiger partial charge in [-0.3, -0.25) is 4.99 Å². The Labute approximate surface area is 176 Å². The normalized spacial score (nSPS) is 15.5. The number of rotatable bonds is 9. The van der Waals surface area contributed by atoms with Gasteiger partial charge in [0.15, 0.2) is 5.96 Å². The van der Waals surface area contributed by atoms with E-state index in [-0.39, 0.29) is 24.0 Å². The van der Waals surface area contributed by atoms with E-state index in [1.54, 1.807) is 0 Å². The van der Waals surface area contributed by atoms with Crippen LogP contribution in [0.25, 0.3) is 0 Å². The van der Waals surface area contributed by atoms with Gasteiger partial charge in [0.2, 0.25) is 0 Å². The quantitative estimate of drug-likeness (QED) is 0.259. The summed E-state index contributed by atoms with van der Waals surface area (Å²) in [5.74, 6) is 1.73. The Morgan fingerprint density at radius 1 is 1.23 bits per heavy atom. The summed E-state index contributed by atoms with van der Waals surface area (Å²) in [6.07, 6.45) is 2.67. The zero-order chi connectivity index (χ0) is 18.2. The fourth-order valence-electron chi connectivity index (χ4n) is 2.80. The van der Waals surface area contributed by atoms with Crippen molar-refractivity contribution < 1.29 is 4.74 Å². The third-order valence-electron chi connectivity index (χ3n) is 4.73. The maximum Gasteiger partial charge on any atom is 0.193 e. The number of halogens is 1. The molecule has 26 heavy (non-hydrogen) atoms. The second-order valence-corrected chi connectivity index (χ2v) is 7.26. The van der Waals surface area contributed by atoms with Crippen molar-refractivity contribution in [1.29, 1.82) is 0 Å². The molecule has 0 saturated heterocycles. The number of ether oxygens (including phenoxy) is 1. The van der Waals surface area contributed by atoms with E-state index in [0.29, 0.717) is 6.04 Å². The van der Waals surface area contributed by atoms with Crippen molar-refractivity contribution in [3.63, 3.8) is 0 Å². The number of hydrogen-bond acceptors (Lipinski definition) is 3. The predicted octanol–water partition coefficient (Wildman–Crippen LogP) is 3.15. The predicted molar refractivity (Wildman–Crippen MR) is 121 cm³/mol. The fraction of sp³-hybridized carbons (Fsp3) is 0.650. The molecular weight excluding hydrogens is 439 g/mol. The van der Waals surface area contributed by atoms with Crippen LogP contribution in [0.4, 0.5) is 0 Å². The Bertz CT molecular complexity index is 543. The van der Waals surface area contributed by atoms with E-state index in [0.717, 1.165) is 38.2 Å². The van der Waals surface area contributed by atoms with E-state index < -0.39 is 0 Å². The van der Waals surface area contributed by atoms with Crippen molar-refractivity contribution >= 4 is 29.9 Å². The maximum absolute atomic E-state index is 5.73. The molecular formula is C20H35IN4O. The molecule has 0 bridgehead atoms. The Morgan fingerprint density at radius 2 is 1.88 bits per heavy atom. The smallest absolute Gasteiger partial charge is 0.193 e. The van der Waals surface area contributed by atoms with E-state index in [1.165, 1.54) is 24.0 Å². The largest absolute Gasteiger partial charge is 0.379 e. The fourth-order valence-corrected chi connectivity index (χ4v) is 2.80. The molecule has 1 N–H and O–H groups in total. The monoisotopic (exact) mass is 474 g/mol. The molecule has 1 aliphatic rings. The molecule has 1 fully saturated rings. The molecule has 0 radical (unpaired) electrons. The van der Waals surface area contributed by atoms with Crippen LogP contribution in [0.15, 0.2) is 29.3 Å². The van der Waals surface area contributed by atoms with Crippen molar-refractivity contribution in [2.45, 2.75) is 25.8 Å². The van der Waals surface area contributed by atoms with Crippen molar-refractivity contribution in [3.8, 4) is 0 Å². The van der Waals surface area contributed by atoms with Gasteiger partial charge in [-0.15, -0.1) is 24.0 Å². The first kappa shape index (κ1) is 23.2. The first-order valence-corrected chi connectivity index (χ1v) is 9.23. The summed E-state index contributed by atoms with van der Waals surface area (Å²) in [6, 6.07) is 9.06. The summed E-state index contributed by atoms with van der Waals surface area (Å²) in [5, 5.41) is 3.50. The second kappa shape index (κ2) is 11.8. The minimum atomic E-state index is 0. The molecule has 148 valence electrons. The average molecular weight is 474 g/mol. The van der Waals surface area contributed by atoms with E-state index in [2.05, 4.69) is 72.4 Å². The van der Waals surface area contributed by atoms with Gasteiger partial charge < -0.3 is 19.9 Å². The van der Waals surface area contributed by atoms with Gasteiger partial charge in [-0.25, -0.2) is 0 Å². The highest BCUT2D eigenvalue weighted by Crippen LogP contribution is 2.28. The van der Waals surface area contributed by atoms with E-state index in [1.807, 2.05) is 7.05 Å². The SMILES string of the molecule is CN=C(NCC(c1ccc(C)cc1)N(C)C)N(C)CCOCC1CC1.I. The van der Waals surface area contributed by atoms with Crippen LogP contribution in [0.2, 0.25) is 0 Å². The summed E-state index contributed by atoms with van der Waals surface area (Å²) in [6.45, 7) is 5.45. The van der Waals surface area contributed by atoms with E-state index >= 15 is 0 Å². The van der Waals surface area contributed by atoms with Crippen LogP contribution in [-0.2, 0) is 4.74 Å². The standard InChI is InChI=1S/C20H34N4O.HI/c1-16-6-10-18(11-7-16)19(23(3)4)14-22-20(21-2)24(5)12-13-25-15-17-8-9-17;/h6-7,10-11,17,19H,8-9,12-15H2,1-5H3,(H,21,22);1H. The molecule has 0 spiro atoms. The van der Waals surface area contributed by atoms with Crippen LogP contribution in [0.1, 0.15) is 30.0 Å². The van der Waals surface area contributed by atoms with Crippen LogP contribution < -0.4 is 5.32 Å². The number of guanidine groups is 1. The average Bonchev–Trinajstić information content (AvgIpc) is 3.41. The van der Waals surface area contributed by atoms with Gasteiger partial charge in [0.1, 0.15) is 0 Å². The van der Waals surface area contributed by atoms with E-state index in [4.69, 9.17) is 4.74 Å². The van der Waals surface area contributed by atoms with Crippen LogP contribution >= 0.6 is 24.0 Å². The van der Waals surface area contributed by atoms with Crippen molar-refractivity contribution in [2.75, 3.05) is 54.5 Å². The summed E-state index contributed by atoms with van der Waals surface area (Å²) < 4.78 is 5.73. The van der Waals surface area contributed by atoms with Crippen molar-refractivity contribution in [1.82, 2.24) is 15.1 Å². The van der Waals surface area contributed by atoms with Gasteiger partial charge in [-0.2, -0.15) is 0 Å². The lowest BCUT2D eigenvalue weighted by Gasteiger charge is -2.28. The van der Waals surface area contributed by atoms with Gasteiger partial charge >= 0.3 is 0 Å². The summed E-state index contributed by atoms with van der Waals surface area (Å²) >= 11 is 0. The van der Waals surface area contributed by atoms with Gasteiger partial charge in [0.05, 0.1) is 12.6 Å². The molecule has 0 amide bonds. The molecule has 6 heteroatoms. The Hall–Kier alpha value is -0.860. The molecule has 1 atom stereocenters. The topological polar surface area (TPSA) is 40.1 Å². The highest BCUT2D eigenvalue weighted by molar-refractivity contribution is 14.0. The molecule has 5 nitrogen and oxygen atoms in total. The van der Waals surface area contributed by atoms with Crippen LogP contribution in [0.5, 0.6) is 0 Å². The van der Waals surface area contributed by atoms with Crippen molar-refractivity contribution in [3.05, 3.63) is 35.4 Å². The number of aryl methyl sites for hydroxylation is 1. The zero-order valence-corrected chi connectivity index (χ0v) is 19.2. The number of nitrogens with zero attached hydrogens (tertiary/aromatic N) is 3. The van der Waals surface area contributed by atoms with Gasteiger partial charge in [0, 0.05) is 33.8 Å². The molecule has 2 rings (SSSR count). The number of nitrogens with one attached hydrogen (secondary N) is 1. The number of benzene rings is 1. The molecule has 1 unspecified atom stereocenters. The summed E-state index contributed by atoms with van der Waals surface area (Å²) in [5.41, 5.74) is 2.60. The third-order valence-corrected chi connectivity index (χ3v) is 4.73. The molecule has 1 aromatic rings. The molecule has 1 aromatic carbocycles. The first-order valence-electron chi connectivity index (χ1n) is 9.23. The molecule has 0 heterocycles. The molecule has 0 aliphatic heterocycles. The van der Waals surface area contributed by atoms with Gasteiger partial charge in [-0.05, 0) is 45.3 Å². The zero-order valence-electron chi connectivity index (χ0n) is 16.9. The lowest BCUT2D eigenvalue weighted by atomic mass is 10.0. The van der Waals surface area contributed by atoms with E-state index in [9.17, 15) is 0 Å². The van der Waals surface area contributed by atoms with Crippen molar-refractivity contribution in [2.24, 2.45) is 10.9 Å². The number of likely N-dealkylation sites (N-methyl/N-ethyl adjacent to an activating group) is 2. The Morgan fingerprint density at radius 3 is 2.42 bits per heavy atom. The molecule has 1 saturated carbocycles. The summed E-state index contributed by atoms with van der Waals surface area (Å²) in [7, 11) is 8.13. The first-order chi connectivity index (χ1) is 12.0. The lowest BCUT2D eigenvalue weighted by molar-refractivity contribution is 0.115. The molecule has 1 aliphatic carbocycles. The van der Waals surface area contributed by atoms with Gasteiger partial charge in [0.25, 0.3) is 0 Å². The van der Waals surface area contributed by atoms with Crippen LogP contribution in [0.3, 0.4) is 0 Å². The second-order valence-electron chi connectivity index (χ2n) is 7.26. The Balaban J connectivity index is 0.00000338. The minimum absolute atomic E-state index is 0. The maximum atomic E-state index is 5.73. The molecule has 0 aromatic heterocycles. The highest BCUT2D eigenvalue weighted by Gasteiger charge is 2.21. The van der Waals surface area contributed by atoms with Gasteiger partial charge in [-0.1, -0.05) is 29.8 Å². The number of aliphatic imine (C=N–C) groups is 1. The van der Waals surface area contributed by atoms with Crippen LogP contribution in [-0.4, -0.2) is 70.3 Å². The van der Waals surface area contributed by atoms with Crippen LogP contribution in [0, 0.1) is 12.8 Å².